The lowest BCUT2D eigenvalue weighted by Gasteiger charge is -2.29. The zero-order valence-corrected chi connectivity index (χ0v) is 17.9. The molecule has 1 unspecified atom stereocenters. The van der Waals surface area contributed by atoms with Crippen molar-refractivity contribution in [2.24, 2.45) is 17.6 Å². The number of nitrogens with two attached hydrogens (primary N) is 1. The number of amides is 1. The van der Waals surface area contributed by atoms with Gasteiger partial charge in [0, 0.05) is 24.8 Å². The Morgan fingerprint density at radius 2 is 1.94 bits per heavy atom. The summed E-state index contributed by atoms with van der Waals surface area (Å²) in [5.74, 6) is 1.81. The van der Waals surface area contributed by atoms with E-state index in [0.717, 1.165) is 44.1 Å². The van der Waals surface area contributed by atoms with Gasteiger partial charge in [-0.15, -0.1) is 0 Å². The molecule has 0 aromatic carbocycles. The second kappa shape index (κ2) is 9.62. The van der Waals surface area contributed by atoms with E-state index in [1.54, 1.807) is 19.4 Å². The molecule has 1 atom stereocenters. The van der Waals surface area contributed by atoms with E-state index in [-0.39, 0.29) is 23.6 Å². The highest BCUT2D eigenvalue weighted by atomic mass is 19.1. The fraction of sp³-hybridized carbons (Fsp3) is 0.542. The average molecular weight is 428 g/mol. The van der Waals surface area contributed by atoms with Crippen molar-refractivity contribution >= 4 is 5.91 Å². The Hall–Kier alpha value is -2.70. The molecule has 0 saturated heterocycles. The molecule has 1 amide bonds. The third-order valence-electron chi connectivity index (χ3n) is 6.62. The van der Waals surface area contributed by atoms with Crippen molar-refractivity contribution in [3.63, 3.8) is 0 Å². The van der Waals surface area contributed by atoms with Gasteiger partial charge in [-0.2, -0.15) is 0 Å². The summed E-state index contributed by atoms with van der Waals surface area (Å²) in [7, 11) is 1.54. The molecule has 0 bridgehead atoms. The molecule has 0 spiro atoms. The molecule has 166 valence electrons. The van der Waals surface area contributed by atoms with Crippen molar-refractivity contribution < 1.29 is 18.7 Å². The van der Waals surface area contributed by atoms with E-state index in [4.69, 9.17) is 15.2 Å². The summed E-state index contributed by atoms with van der Waals surface area (Å²) in [4.78, 5) is 19.7. The van der Waals surface area contributed by atoms with Gasteiger partial charge in [0.2, 0.25) is 17.7 Å². The lowest BCUT2D eigenvalue weighted by Crippen LogP contribution is -2.20. The predicted octanol–water partition coefficient (Wildman–Crippen LogP) is 4.35. The second-order valence-electron chi connectivity index (χ2n) is 8.82. The number of primary amides is 1. The Morgan fingerprint density at radius 1 is 1.16 bits per heavy atom. The van der Waals surface area contributed by atoms with Crippen LogP contribution >= 0.6 is 0 Å². The lowest BCUT2D eigenvalue weighted by molar-refractivity contribution is -0.118. The summed E-state index contributed by atoms with van der Waals surface area (Å²) in [5, 5.41) is 0. The van der Waals surface area contributed by atoms with Crippen LogP contribution in [0.3, 0.4) is 0 Å². The van der Waals surface area contributed by atoms with Crippen LogP contribution in [0.25, 0.3) is 0 Å². The topological polar surface area (TPSA) is 87.3 Å². The Bertz CT molecular complexity index is 911. The molecule has 2 aliphatic carbocycles. The van der Waals surface area contributed by atoms with E-state index < -0.39 is 0 Å². The minimum absolute atomic E-state index is 0.158. The van der Waals surface area contributed by atoms with Crippen molar-refractivity contribution in [3.05, 3.63) is 47.5 Å². The van der Waals surface area contributed by atoms with E-state index in [1.165, 1.54) is 6.20 Å². The molecule has 4 rings (SSSR count). The molecule has 0 aliphatic heterocycles. The maximum Gasteiger partial charge on any atom is 0.218 e. The largest absolute Gasteiger partial charge is 0.481 e. The van der Waals surface area contributed by atoms with Gasteiger partial charge in [0.25, 0.3) is 0 Å². The molecule has 2 aromatic rings. The number of aromatic nitrogens is 2. The molecule has 2 N–H and O–H groups in total. The SMILES string of the molecule is COc1cc(C2CCC(COc3cc(C(CC(N)=O)C4CC4)ccn3)CC2)c(F)cn1. The smallest absolute Gasteiger partial charge is 0.218 e. The van der Waals surface area contributed by atoms with E-state index >= 15 is 0 Å². The first-order chi connectivity index (χ1) is 15.0. The summed E-state index contributed by atoms with van der Waals surface area (Å²) in [5.41, 5.74) is 7.23. The lowest BCUT2D eigenvalue weighted by atomic mass is 9.79. The van der Waals surface area contributed by atoms with Gasteiger partial charge in [-0.3, -0.25) is 4.79 Å². The molecule has 7 heteroatoms. The number of rotatable bonds is 9. The molecular formula is C24H30FN3O3. The van der Waals surface area contributed by atoms with Gasteiger partial charge in [-0.05, 0) is 79.4 Å². The van der Waals surface area contributed by atoms with Crippen LogP contribution in [0.15, 0.2) is 30.6 Å². The number of halogens is 1. The van der Waals surface area contributed by atoms with Gasteiger partial charge in [-0.1, -0.05) is 0 Å². The van der Waals surface area contributed by atoms with Crippen LogP contribution in [0.2, 0.25) is 0 Å². The number of hydrogen-bond acceptors (Lipinski definition) is 5. The fourth-order valence-corrected chi connectivity index (χ4v) is 4.71. The predicted molar refractivity (Wildman–Crippen MR) is 114 cm³/mol. The molecule has 2 aromatic heterocycles. The number of nitrogens with zero attached hydrogens (tertiary/aromatic N) is 2. The highest BCUT2D eigenvalue weighted by Gasteiger charge is 2.33. The van der Waals surface area contributed by atoms with Crippen LogP contribution in [-0.4, -0.2) is 29.6 Å². The summed E-state index contributed by atoms with van der Waals surface area (Å²) in [6, 6.07) is 5.63. The molecule has 2 saturated carbocycles. The van der Waals surface area contributed by atoms with Gasteiger partial charge in [0.05, 0.1) is 19.9 Å². The maximum atomic E-state index is 14.2. The van der Waals surface area contributed by atoms with Gasteiger partial charge in [0.1, 0.15) is 5.82 Å². The third-order valence-corrected chi connectivity index (χ3v) is 6.62. The minimum atomic E-state index is -0.267. The Balaban J connectivity index is 1.31. The van der Waals surface area contributed by atoms with Crippen molar-refractivity contribution in [1.82, 2.24) is 9.97 Å². The average Bonchev–Trinajstić information content (AvgIpc) is 3.62. The van der Waals surface area contributed by atoms with E-state index in [0.29, 0.717) is 42.2 Å². The number of methoxy groups -OCH3 is 1. The number of ether oxygens (including phenoxy) is 2. The van der Waals surface area contributed by atoms with Crippen molar-refractivity contribution in [3.8, 4) is 11.8 Å². The van der Waals surface area contributed by atoms with Crippen molar-refractivity contribution in [2.45, 2.75) is 56.8 Å². The first kappa shape index (κ1) is 21.5. The normalized spacial score (nSPS) is 22.0. The van der Waals surface area contributed by atoms with Crippen LogP contribution < -0.4 is 15.2 Å². The van der Waals surface area contributed by atoms with Gasteiger partial charge >= 0.3 is 0 Å². The van der Waals surface area contributed by atoms with Gasteiger partial charge < -0.3 is 15.2 Å². The first-order valence-corrected chi connectivity index (χ1v) is 11.1. The molecule has 6 nitrogen and oxygen atoms in total. The highest BCUT2D eigenvalue weighted by Crippen LogP contribution is 2.45. The minimum Gasteiger partial charge on any atom is -0.481 e. The Labute approximate surface area is 182 Å². The van der Waals surface area contributed by atoms with Crippen LogP contribution in [0.4, 0.5) is 4.39 Å². The summed E-state index contributed by atoms with van der Waals surface area (Å²) in [6.45, 7) is 0.592. The number of hydrogen-bond donors (Lipinski definition) is 1. The number of carbonyl (C=O) groups excluding carboxylic acids is 1. The number of carbonyl (C=O) groups is 1. The zero-order valence-electron chi connectivity index (χ0n) is 17.9. The van der Waals surface area contributed by atoms with Crippen LogP contribution in [-0.2, 0) is 4.79 Å². The molecule has 2 heterocycles. The third kappa shape index (κ3) is 5.51. The first-order valence-electron chi connectivity index (χ1n) is 11.1. The second-order valence-corrected chi connectivity index (χ2v) is 8.82. The number of pyridine rings is 2. The van der Waals surface area contributed by atoms with Crippen LogP contribution in [0.1, 0.15) is 67.9 Å². The Kier molecular flexibility index (Phi) is 6.68. The van der Waals surface area contributed by atoms with Crippen molar-refractivity contribution in [1.29, 1.82) is 0 Å². The van der Waals surface area contributed by atoms with Crippen LogP contribution in [0, 0.1) is 17.7 Å². The van der Waals surface area contributed by atoms with Crippen molar-refractivity contribution in [2.75, 3.05) is 13.7 Å². The zero-order chi connectivity index (χ0) is 21.8. The molecule has 0 radical (unpaired) electrons. The summed E-state index contributed by atoms with van der Waals surface area (Å²) >= 11 is 0. The maximum absolute atomic E-state index is 14.2. The molecule has 2 aliphatic rings. The Morgan fingerprint density at radius 3 is 2.61 bits per heavy atom. The van der Waals surface area contributed by atoms with E-state index in [9.17, 15) is 9.18 Å². The summed E-state index contributed by atoms with van der Waals surface area (Å²) < 4.78 is 25.4. The quantitative estimate of drug-likeness (QED) is 0.643. The van der Waals surface area contributed by atoms with E-state index in [1.807, 2.05) is 12.1 Å². The fourth-order valence-electron chi connectivity index (χ4n) is 4.71. The highest BCUT2D eigenvalue weighted by molar-refractivity contribution is 5.75. The summed E-state index contributed by atoms with van der Waals surface area (Å²) in [6.07, 6.45) is 9.41. The monoisotopic (exact) mass is 427 g/mol. The molecular weight excluding hydrogens is 397 g/mol. The van der Waals surface area contributed by atoms with E-state index in [2.05, 4.69) is 9.97 Å². The standard InChI is InChI=1S/C24H30FN3O3/c1-30-23-12-20(21(25)13-28-23)17-4-2-15(3-5-17)14-31-24-10-18(8-9-27-24)19(11-22(26)29)16-6-7-16/h8-10,12-13,15-17,19H,2-7,11,14H2,1H3,(H2,26,29). The van der Waals surface area contributed by atoms with Gasteiger partial charge in [-0.25, -0.2) is 14.4 Å². The molecule has 2 fully saturated rings. The van der Waals surface area contributed by atoms with Gasteiger partial charge in [0.15, 0.2) is 0 Å². The van der Waals surface area contributed by atoms with Crippen LogP contribution in [0.5, 0.6) is 11.8 Å². The molecule has 31 heavy (non-hydrogen) atoms.